The number of sulfonamides is 1. The van der Waals surface area contributed by atoms with Crippen molar-refractivity contribution in [2.45, 2.75) is 75.6 Å². The fourth-order valence-corrected chi connectivity index (χ4v) is 9.17. The highest BCUT2D eigenvalue weighted by atomic mass is 32.2. The van der Waals surface area contributed by atoms with E-state index < -0.39 is 39.8 Å². The highest BCUT2D eigenvalue weighted by molar-refractivity contribution is 7.89. The lowest BCUT2D eigenvalue weighted by atomic mass is 9.88. The Balaban J connectivity index is 1.22. The second-order valence-electron chi connectivity index (χ2n) is 15.6. The molecule has 2 aliphatic heterocycles. The van der Waals surface area contributed by atoms with Crippen LogP contribution in [0.2, 0.25) is 0 Å². The number of alkyl carbamates (subject to hydrolysis) is 1. The number of nitrogens with zero attached hydrogens (tertiary/aromatic N) is 2. The summed E-state index contributed by atoms with van der Waals surface area (Å²) in [4.78, 5) is 15.9. The van der Waals surface area contributed by atoms with Gasteiger partial charge in [0.25, 0.3) is 0 Å². The van der Waals surface area contributed by atoms with E-state index >= 15 is 0 Å². The Morgan fingerprint density at radius 2 is 1.52 bits per heavy atom. The molecule has 12 heteroatoms. The van der Waals surface area contributed by atoms with Crippen molar-refractivity contribution < 1.29 is 32.5 Å². The van der Waals surface area contributed by atoms with Crippen LogP contribution in [-0.2, 0) is 43.7 Å². The Bertz CT molecular complexity index is 1890. The van der Waals surface area contributed by atoms with Crippen LogP contribution in [-0.4, -0.2) is 93.3 Å². The summed E-state index contributed by atoms with van der Waals surface area (Å²) in [5.41, 5.74) is 3.41. The number of hydrogen-bond donors (Lipinski definition) is 3. The topological polar surface area (TPSA) is 130 Å². The van der Waals surface area contributed by atoms with E-state index in [1.54, 1.807) is 31.3 Å². The molecule has 4 aromatic carbocycles. The zero-order chi connectivity index (χ0) is 39.5. The third-order valence-electron chi connectivity index (χ3n) is 10.7. The predicted molar refractivity (Wildman–Crippen MR) is 217 cm³/mol. The first kappa shape index (κ1) is 41.3. The van der Waals surface area contributed by atoms with Crippen molar-refractivity contribution >= 4 is 21.8 Å². The fraction of sp³-hybridized carbons (Fsp3) is 0.432. The lowest BCUT2D eigenvalue weighted by Gasteiger charge is -2.36. The van der Waals surface area contributed by atoms with Gasteiger partial charge in [0.2, 0.25) is 10.0 Å². The zero-order valence-electron chi connectivity index (χ0n) is 32.6. The highest BCUT2D eigenvalue weighted by Crippen LogP contribution is 2.33. The molecule has 2 saturated heterocycles. The van der Waals surface area contributed by atoms with Crippen LogP contribution in [0.5, 0.6) is 0 Å². The molecule has 4 aromatic rings. The number of fused-ring (bicyclic) bond motifs is 1. The zero-order valence-corrected chi connectivity index (χ0v) is 33.4. The predicted octanol–water partition coefficient (Wildman–Crippen LogP) is 6.30. The van der Waals surface area contributed by atoms with Gasteiger partial charge in [-0.2, -0.15) is 4.31 Å². The fourth-order valence-electron chi connectivity index (χ4n) is 7.48. The molecular formula is C44H56N4O7S. The van der Waals surface area contributed by atoms with E-state index in [2.05, 4.69) is 53.6 Å². The third kappa shape index (κ3) is 11.4. The van der Waals surface area contributed by atoms with Gasteiger partial charge in [-0.3, -0.25) is 4.90 Å². The van der Waals surface area contributed by atoms with Crippen molar-refractivity contribution in [2.24, 2.45) is 11.3 Å². The summed E-state index contributed by atoms with van der Waals surface area (Å²) in [5.74, 6) is -0.0502. The molecule has 2 heterocycles. The van der Waals surface area contributed by atoms with Crippen LogP contribution in [0.1, 0.15) is 43.4 Å². The van der Waals surface area contributed by atoms with Crippen LogP contribution in [0.3, 0.4) is 0 Å². The third-order valence-corrected chi connectivity index (χ3v) is 12.5. The smallest absolute Gasteiger partial charge is 0.407 e. The number of ether oxygens (including phenoxy) is 3. The average molecular weight is 785 g/mol. The van der Waals surface area contributed by atoms with Gasteiger partial charge >= 0.3 is 6.09 Å². The minimum atomic E-state index is -4.12. The van der Waals surface area contributed by atoms with Crippen molar-refractivity contribution in [3.63, 3.8) is 0 Å². The van der Waals surface area contributed by atoms with E-state index in [9.17, 15) is 18.3 Å². The normalized spacial score (nSPS) is 19.4. The Labute approximate surface area is 332 Å². The van der Waals surface area contributed by atoms with Gasteiger partial charge in [0, 0.05) is 38.9 Å². The highest BCUT2D eigenvalue weighted by Gasteiger charge is 2.44. The first-order chi connectivity index (χ1) is 27.0. The molecule has 0 unspecified atom stereocenters. The van der Waals surface area contributed by atoms with Crippen molar-refractivity contribution in [3.05, 3.63) is 132 Å². The summed E-state index contributed by atoms with van der Waals surface area (Å²) in [7, 11) is -2.38. The Hall–Kier alpha value is -4.30. The number of benzene rings is 4. The Morgan fingerprint density at radius 1 is 0.893 bits per heavy atom. The number of carbonyl (C=O) groups is 1. The van der Waals surface area contributed by atoms with Gasteiger partial charge in [-0.1, -0.05) is 111 Å². The number of amides is 1. The number of hydrogen-bond acceptors (Lipinski definition) is 9. The maximum atomic E-state index is 14.6. The van der Waals surface area contributed by atoms with E-state index in [-0.39, 0.29) is 43.2 Å². The molecule has 1 amide bonds. The molecule has 0 aliphatic carbocycles. The molecule has 56 heavy (non-hydrogen) atoms. The van der Waals surface area contributed by atoms with E-state index in [1.807, 2.05) is 66.7 Å². The van der Waals surface area contributed by atoms with Crippen LogP contribution >= 0.6 is 0 Å². The number of rotatable bonds is 19. The summed E-state index contributed by atoms with van der Waals surface area (Å²) in [6.45, 7) is 6.98. The summed E-state index contributed by atoms with van der Waals surface area (Å²) in [6.07, 6.45) is -1.17. The van der Waals surface area contributed by atoms with Gasteiger partial charge in [-0.15, -0.1) is 0 Å². The second-order valence-corrected chi connectivity index (χ2v) is 17.6. The molecule has 3 N–H and O–H groups in total. The largest absolute Gasteiger partial charge is 0.443 e. The van der Waals surface area contributed by atoms with Gasteiger partial charge in [-0.05, 0) is 66.1 Å². The first-order valence-corrected chi connectivity index (χ1v) is 20.9. The summed E-state index contributed by atoms with van der Waals surface area (Å²) >= 11 is 0. The quantitative estimate of drug-likeness (QED) is 0.100. The van der Waals surface area contributed by atoms with Gasteiger partial charge in [0.15, 0.2) is 6.29 Å². The van der Waals surface area contributed by atoms with Crippen molar-refractivity contribution in [1.29, 1.82) is 0 Å². The van der Waals surface area contributed by atoms with Crippen molar-refractivity contribution in [2.75, 3.05) is 45.2 Å². The van der Waals surface area contributed by atoms with Crippen LogP contribution in [0, 0.1) is 11.3 Å². The average Bonchev–Trinajstić information content (AvgIpc) is 3.83. The van der Waals surface area contributed by atoms with E-state index in [4.69, 9.17) is 14.2 Å². The van der Waals surface area contributed by atoms with Crippen LogP contribution in [0.25, 0.3) is 0 Å². The maximum Gasteiger partial charge on any atom is 0.407 e. The molecule has 0 radical (unpaired) electrons. The lowest BCUT2D eigenvalue weighted by Crippen LogP contribution is -2.52. The lowest BCUT2D eigenvalue weighted by molar-refractivity contribution is -0.0907. The van der Waals surface area contributed by atoms with Crippen molar-refractivity contribution in [1.82, 2.24) is 14.5 Å². The van der Waals surface area contributed by atoms with Gasteiger partial charge in [0.05, 0.1) is 36.2 Å². The molecular weight excluding hydrogens is 729 g/mol. The summed E-state index contributed by atoms with van der Waals surface area (Å²) in [6, 6.07) is 36.0. The van der Waals surface area contributed by atoms with Gasteiger partial charge < -0.3 is 30.0 Å². The number of carbonyl (C=O) groups excluding carboxylic acids is 1. The molecule has 0 aromatic heterocycles. The van der Waals surface area contributed by atoms with Crippen LogP contribution in [0.4, 0.5) is 10.5 Å². The minimum Gasteiger partial charge on any atom is -0.443 e. The molecule has 5 atom stereocenters. The van der Waals surface area contributed by atoms with E-state index in [1.165, 1.54) is 15.4 Å². The Morgan fingerprint density at radius 3 is 2.14 bits per heavy atom. The van der Waals surface area contributed by atoms with Gasteiger partial charge in [0.1, 0.15) is 6.10 Å². The molecule has 0 bridgehead atoms. The second kappa shape index (κ2) is 19.2. The molecule has 6 rings (SSSR count). The van der Waals surface area contributed by atoms with E-state index in [0.29, 0.717) is 25.3 Å². The number of anilines is 1. The molecule has 2 fully saturated rings. The number of aliphatic hydroxyl groups excluding tert-OH is 1. The molecule has 0 spiro atoms. The number of nitrogens with one attached hydrogen (secondary N) is 2. The van der Waals surface area contributed by atoms with Crippen molar-refractivity contribution in [3.8, 4) is 0 Å². The minimum absolute atomic E-state index is 0.0502. The molecule has 2 aliphatic rings. The first-order valence-electron chi connectivity index (χ1n) is 19.5. The number of aliphatic hydroxyl groups is 1. The molecule has 11 nitrogen and oxygen atoms in total. The maximum absolute atomic E-state index is 14.6. The van der Waals surface area contributed by atoms with Crippen LogP contribution < -0.4 is 10.6 Å². The standard InChI is InChI=1S/C44H56N4O7S/c1-44(2,23-24-47(28-34-16-9-5-10-17-34)29-35-18-11-6-12-19-35)32-48(56(51,52)37-21-13-20-36(27-37)45-3)30-40(49)39(26-33-14-7-4-8-15-33)46-43(50)55-41-31-54-42-38(41)22-25-53-42/h4-21,27,38-42,45,49H,22-26,28-32H2,1-3H3,(H,46,50)/t38-,39-,40+,41-,42+/m0/s1. The molecule has 0 saturated carbocycles. The summed E-state index contributed by atoms with van der Waals surface area (Å²) < 4.78 is 47.7. The monoisotopic (exact) mass is 784 g/mol. The summed E-state index contributed by atoms with van der Waals surface area (Å²) in [5, 5.41) is 17.9. The SMILES string of the molecule is CNc1cccc(S(=O)(=O)N(C[C@@H](O)[C@H](Cc2ccccc2)NC(=O)O[C@H]2CO[C@H]3OCC[C@H]32)CC(C)(C)CCN(Cc2ccccc2)Cc2ccccc2)c1. The van der Waals surface area contributed by atoms with Gasteiger partial charge in [-0.25, -0.2) is 13.2 Å². The van der Waals surface area contributed by atoms with Crippen LogP contribution in [0.15, 0.2) is 120 Å². The Kier molecular flexibility index (Phi) is 14.2. The molecule has 300 valence electrons. The van der Waals surface area contributed by atoms with E-state index in [0.717, 1.165) is 25.1 Å².